The zero-order chi connectivity index (χ0) is 32.5. The quantitative estimate of drug-likeness (QED) is 0.170. The van der Waals surface area contributed by atoms with E-state index in [1.165, 1.54) is 0 Å². The van der Waals surface area contributed by atoms with Crippen molar-refractivity contribution in [1.29, 1.82) is 0 Å². The van der Waals surface area contributed by atoms with Crippen LogP contribution in [0.2, 0.25) is 0 Å². The van der Waals surface area contributed by atoms with Gasteiger partial charge in [0.1, 0.15) is 0 Å². The maximum atomic E-state index is 12.5. The Kier molecular flexibility index (Phi) is 10.2. The van der Waals surface area contributed by atoms with Gasteiger partial charge in [0.15, 0.2) is 0 Å². The van der Waals surface area contributed by atoms with Crippen molar-refractivity contribution in [3.63, 3.8) is 0 Å². The van der Waals surface area contributed by atoms with Gasteiger partial charge in [0.25, 0.3) is 0 Å². The minimum absolute atomic E-state index is 0.0352. The van der Waals surface area contributed by atoms with Gasteiger partial charge < -0.3 is 31.1 Å². The Labute approximate surface area is 263 Å². The molecule has 0 aliphatic carbocycles. The molecule has 238 valence electrons. The van der Waals surface area contributed by atoms with Gasteiger partial charge in [0.05, 0.1) is 18.0 Å². The molecular weight excluding hydrogens is 580 g/mol. The summed E-state index contributed by atoms with van der Waals surface area (Å²) in [5, 5.41) is 28.7. The van der Waals surface area contributed by atoms with E-state index in [1.807, 2.05) is 47.6 Å². The van der Waals surface area contributed by atoms with Gasteiger partial charge in [-0.25, -0.2) is 0 Å². The fraction of sp³-hybridized carbons (Fsp3) is 0.515. The maximum Gasteiger partial charge on any atom is 0.303 e. The summed E-state index contributed by atoms with van der Waals surface area (Å²) in [7, 11) is 0. The van der Waals surface area contributed by atoms with Crippen LogP contribution in [0, 0.1) is 12.8 Å². The van der Waals surface area contributed by atoms with Crippen molar-refractivity contribution in [2.24, 2.45) is 5.92 Å². The Balaban J connectivity index is 1.71. The van der Waals surface area contributed by atoms with Crippen LogP contribution in [0.1, 0.15) is 89.2 Å². The molecule has 4 heterocycles. The van der Waals surface area contributed by atoms with Gasteiger partial charge >= 0.3 is 11.9 Å². The van der Waals surface area contributed by atoms with Gasteiger partial charge in [-0.2, -0.15) is 0 Å². The molecule has 4 rings (SSSR count). The highest BCUT2D eigenvalue weighted by molar-refractivity contribution is 7.84. The number of carbonyl (C=O) groups excluding carboxylic acids is 2. The zero-order valence-corrected chi connectivity index (χ0v) is 27.2. The average molecular weight is 625 g/mol. The Morgan fingerprint density at radius 2 is 1.55 bits per heavy atom. The van der Waals surface area contributed by atoms with Crippen molar-refractivity contribution < 1.29 is 29.4 Å². The van der Waals surface area contributed by atoms with Crippen molar-refractivity contribution in [3.8, 4) is 0 Å². The van der Waals surface area contributed by atoms with Crippen molar-refractivity contribution >= 4 is 42.5 Å². The van der Waals surface area contributed by atoms with Gasteiger partial charge in [0, 0.05) is 48.0 Å². The first-order valence-corrected chi connectivity index (χ1v) is 15.7. The van der Waals surface area contributed by atoms with E-state index in [0.29, 0.717) is 32.1 Å². The molecule has 1 aromatic heterocycles. The van der Waals surface area contributed by atoms with Crippen LogP contribution >= 0.6 is 12.6 Å². The SMILES string of the molecule is CCC1=C(C)[C@@H](Cc2[nH]c(/C=C3\NC(C[C@@H]4NC(=O)C(C)/C4=C(/C)S)C(C)=C3CCC(=O)O)c(CCC(=O)O)c2C)NC1=O. The number of carbonyl (C=O) groups is 4. The van der Waals surface area contributed by atoms with Crippen molar-refractivity contribution in [2.45, 2.75) is 105 Å². The molecule has 10 nitrogen and oxygen atoms in total. The first-order valence-electron chi connectivity index (χ1n) is 15.3. The average Bonchev–Trinajstić information content (AvgIpc) is 3.59. The largest absolute Gasteiger partial charge is 0.481 e. The lowest BCUT2D eigenvalue weighted by Crippen LogP contribution is -2.35. The number of rotatable bonds is 12. The van der Waals surface area contributed by atoms with Crippen LogP contribution in [0.25, 0.3) is 6.08 Å². The maximum absolute atomic E-state index is 12.5. The number of carboxylic acid groups (broad SMARTS) is 2. The van der Waals surface area contributed by atoms with Crippen LogP contribution in [0.15, 0.2) is 38.5 Å². The van der Waals surface area contributed by atoms with Gasteiger partial charge in [-0.15, -0.1) is 12.6 Å². The zero-order valence-electron chi connectivity index (χ0n) is 26.3. The number of hydrogen-bond acceptors (Lipinski definition) is 6. The molecule has 1 saturated heterocycles. The summed E-state index contributed by atoms with van der Waals surface area (Å²) < 4.78 is 0. The summed E-state index contributed by atoms with van der Waals surface area (Å²) in [4.78, 5) is 52.4. The standard InChI is InChI=1S/C33H44N4O6S/c1-7-20-15(2)25(36-33(20)43)12-23-16(3)21(8-10-29(38)39)26(34-23)14-27-22(9-11-30(40)41)17(4)24(35-27)13-28-31(19(6)44)18(5)32(42)37-28/h14,18,24-25,28,34-35,44H,7-13H2,1-6H3,(H,36,43)(H,37,42)(H,38,39)(H,40,41)/b27-14-,31-19+/t18?,24?,25-,28+/m1/s1. The van der Waals surface area contributed by atoms with E-state index < -0.39 is 11.9 Å². The Morgan fingerprint density at radius 1 is 0.909 bits per heavy atom. The third-order valence-electron chi connectivity index (χ3n) is 9.42. The van der Waals surface area contributed by atoms with Crippen LogP contribution in [0.4, 0.5) is 0 Å². The lowest BCUT2D eigenvalue weighted by atomic mass is 9.91. The van der Waals surface area contributed by atoms with Crippen LogP contribution in [0.3, 0.4) is 0 Å². The molecule has 1 aromatic rings. The monoisotopic (exact) mass is 624 g/mol. The number of hydrogen-bond donors (Lipinski definition) is 7. The highest BCUT2D eigenvalue weighted by Crippen LogP contribution is 2.36. The Hall–Kier alpha value is -3.73. The van der Waals surface area contributed by atoms with Crippen LogP contribution in [0.5, 0.6) is 0 Å². The highest BCUT2D eigenvalue weighted by atomic mass is 32.1. The highest BCUT2D eigenvalue weighted by Gasteiger charge is 2.38. The molecule has 0 aromatic carbocycles. The van der Waals surface area contributed by atoms with E-state index in [-0.39, 0.29) is 48.7 Å². The van der Waals surface area contributed by atoms with E-state index in [2.05, 4.69) is 33.6 Å². The van der Waals surface area contributed by atoms with E-state index >= 15 is 0 Å². The summed E-state index contributed by atoms with van der Waals surface area (Å²) in [5.74, 6) is -2.13. The van der Waals surface area contributed by atoms with Crippen molar-refractivity contribution in [1.82, 2.24) is 20.9 Å². The first kappa shape index (κ1) is 33.2. The predicted octanol–water partition coefficient (Wildman–Crippen LogP) is 4.33. The molecule has 0 radical (unpaired) electrons. The number of amides is 2. The lowest BCUT2D eigenvalue weighted by Gasteiger charge is -2.21. The van der Waals surface area contributed by atoms with Gasteiger partial charge in [-0.1, -0.05) is 6.92 Å². The summed E-state index contributed by atoms with van der Waals surface area (Å²) in [5.41, 5.74) is 8.99. The second-order valence-electron chi connectivity index (χ2n) is 12.1. The second-order valence-corrected chi connectivity index (χ2v) is 12.8. The number of aromatic amines is 1. The molecule has 2 amide bonds. The molecule has 0 spiro atoms. The molecule has 6 N–H and O–H groups in total. The van der Waals surface area contributed by atoms with Crippen LogP contribution < -0.4 is 16.0 Å². The van der Waals surface area contributed by atoms with Crippen LogP contribution in [-0.4, -0.2) is 57.1 Å². The van der Waals surface area contributed by atoms with Crippen molar-refractivity contribution in [3.05, 3.63) is 61.0 Å². The van der Waals surface area contributed by atoms with Gasteiger partial charge in [0.2, 0.25) is 11.8 Å². The van der Waals surface area contributed by atoms with E-state index in [1.54, 1.807) is 0 Å². The second kappa shape index (κ2) is 13.5. The van der Waals surface area contributed by atoms with E-state index in [9.17, 15) is 29.4 Å². The van der Waals surface area contributed by atoms with Gasteiger partial charge in [-0.05, 0) is 105 Å². The number of aliphatic carboxylic acids is 2. The minimum atomic E-state index is -0.895. The summed E-state index contributed by atoms with van der Waals surface area (Å²) in [6.07, 6.45) is 4.31. The molecule has 2 unspecified atom stereocenters. The van der Waals surface area contributed by atoms with E-state index in [4.69, 9.17) is 0 Å². The summed E-state index contributed by atoms with van der Waals surface area (Å²) in [6.45, 7) is 11.7. The molecule has 3 aliphatic heterocycles. The molecule has 11 heteroatoms. The van der Waals surface area contributed by atoms with Crippen molar-refractivity contribution in [2.75, 3.05) is 0 Å². The number of thiol groups is 1. The molecule has 0 saturated carbocycles. The smallest absolute Gasteiger partial charge is 0.303 e. The predicted molar refractivity (Wildman–Crippen MR) is 172 cm³/mol. The molecule has 3 aliphatic rings. The number of H-pyrrole nitrogens is 1. The fourth-order valence-corrected chi connectivity index (χ4v) is 7.22. The topological polar surface area (TPSA) is 161 Å². The Morgan fingerprint density at radius 3 is 2.14 bits per heavy atom. The number of allylic oxidation sites excluding steroid dienone is 2. The Bertz CT molecular complexity index is 1510. The molecule has 1 fully saturated rings. The van der Waals surface area contributed by atoms with Crippen LogP contribution in [-0.2, 0) is 32.0 Å². The molecule has 44 heavy (non-hydrogen) atoms. The summed E-state index contributed by atoms with van der Waals surface area (Å²) >= 11 is 4.56. The minimum Gasteiger partial charge on any atom is -0.481 e. The number of aromatic nitrogens is 1. The fourth-order valence-electron chi connectivity index (χ4n) is 6.87. The number of nitrogens with one attached hydrogen (secondary N) is 4. The summed E-state index contributed by atoms with van der Waals surface area (Å²) in [6, 6.07) is -0.486. The normalized spacial score (nSPS) is 25.6. The number of carboxylic acids is 2. The van der Waals surface area contributed by atoms with E-state index in [0.717, 1.165) is 61.0 Å². The molecule has 0 bridgehead atoms. The van der Waals surface area contributed by atoms with Gasteiger partial charge in [-0.3, -0.25) is 19.2 Å². The molecular formula is C33H44N4O6S. The lowest BCUT2D eigenvalue weighted by molar-refractivity contribution is -0.138. The first-order chi connectivity index (χ1) is 20.7. The third kappa shape index (κ3) is 6.82. The third-order valence-corrected chi connectivity index (χ3v) is 9.67. The molecule has 4 atom stereocenters.